The molecule has 16 nitrogen and oxygen atoms in total. The highest BCUT2D eigenvalue weighted by Gasteiger charge is 2.50. The molecule has 86 heavy (non-hydrogen) atoms. The Bertz CT molecular complexity index is 4080. The number of pyridine rings is 2. The first-order valence-corrected chi connectivity index (χ1v) is 29.9. The number of nitrogen functional groups attached to an aromatic ring is 1. The van der Waals surface area contributed by atoms with Crippen LogP contribution in [0.2, 0.25) is 26.7 Å². The van der Waals surface area contributed by atoms with Crippen LogP contribution < -0.4 is 29.1 Å². The molecule has 0 bridgehead atoms. The third-order valence-corrected chi connectivity index (χ3v) is 22.4. The van der Waals surface area contributed by atoms with Gasteiger partial charge in [-0.15, -0.1) is 0 Å². The second-order valence-electron chi connectivity index (χ2n) is 21.7. The number of methoxy groups -OCH3 is 4. The molecule has 4 heterocycles. The number of nitrogens with zero attached hydrogens (tertiary/aromatic N) is 4. The Morgan fingerprint density at radius 1 is 0.605 bits per heavy atom. The maximum Gasteiger partial charge on any atom is 0.265 e. The van der Waals surface area contributed by atoms with Crippen molar-refractivity contribution in [3.63, 3.8) is 0 Å². The molecule has 0 atom stereocenters. The van der Waals surface area contributed by atoms with Gasteiger partial charge in [0, 0.05) is 71.6 Å². The predicted molar refractivity (Wildman–Crippen MR) is 320 cm³/mol. The highest BCUT2D eigenvalue weighted by atomic mass is 35.5. The number of rotatable bonds is 17. The molecule has 1 aliphatic heterocycles. The number of ether oxygens (including phenoxy) is 4. The number of aromatic nitrogens is 3. The lowest BCUT2D eigenvalue weighted by Gasteiger charge is -2.42. The zero-order chi connectivity index (χ0) is 62.5. The van der Waals surface area contributed by atoms with Gasteiger partial charge in [0.15, 0.2) is 0 Å². The minimum Gasteiger partial charge on any atom is -0.541 e. The number of carbonyl (C=O) groups excluding carboxylic acids is 3. The number of halogens is 6. The molecule has 0 saturated heterocycles. The molecule has 5 N–H and O–H groups in total. The zero-order valence-corrected chi connectivity index (χ0v) is 50.9. The molecule has 0 fully saturated rings. The molecule has 0 unspecified atom stereocenters. The van der Waals surface area contributed by atoms with Crippen molar-refractivity contribution >= 4 is 71.4 Å². The van der Waals surface area contributed by atoms with E-state index >= 15 is 0 Å². The summed E-state index contributed by atoms with van der Waals surface area (Å²) in [6.45, 7) is 12.6. The summed E-state index contributed by atoms with van der Waals surface area (Å²) in [7, 11) is 3.29. The molecule has 8 aromatic rings. The Hall–Kier alpha value is -8.66. The molecule has 2 aliphatic rings. The van der Waals surface area contributed by atoms with Crippen molar-refractivity contribution in [1.82, 2.24) is 19.4 Å². The number of carbonyl (C=O) groups is 3. The Labute approximate surface area is 503 Å². The fraction of sp³-hybridized carbons (Fsp3) is 0.270. The van der Waals surface area contributed by atoms with Crippen molar-refractivity contribution in [2.45, 2.75) is 84.1 Å². The smallest absolute Gasteiger partial charge is 0.265 e. The van der Waals surface area contributed by atoms with Gasteiger partial charge in [0.2, 0.25) is 17.5 Å². The number of ketones is 1. The third kappa shape index (κ3) is 11.0. The first-order chi connectivity index (χ1) is 40.8. The quantitative estimate of drug-likeness (QED) is 0.0219. The van der Waals surface area contributed by atoms with Crippen LogP contribution in [0.25, 0.3) is 10.9 Å². The van der Waals surface area contributed by atoms with E-state index in [1.54, 1.807) is 48.7 Å². The summed E-state index contributed by atoms with van der Waals surface area (Å²) in [5, 5.41) is 30.6. The first kappa shape index (κ1) is 61.9. The van der Waals surface area contributed by atoms with Gasteiger partial charge in [-0.3, -0.25) is 39.2 Å². The number of amides is 2. The second-order valence-corrected chi connectivity index (χ2v) is 27.9. The van der Waals surface area contributed by atoms with E-state index in [-0.39, 0.29) is 114 Å². The van der Waals surface area contributed by atoms with Crippen molar-refractivity contribution in [3.8, 4) is 40.5 Å². The molecule has 10 rings (SSSR count). The third-order valence-electron chi connectivity index (χ3n) is 15.8. The van der Waals surface area contributed by atoms with E-state index in [2.05, 4.69) is 46.5 Å². The van der Waals surface area contributed by atoms with Crippen LogP contribution >= 0.6 is 23.2 Å². The maximum atomic E-state index is 14.7. The largest absolute Gasteiger partial charge is 0.541 e. The number of benzene rings is 5. The molecule has 0 saturated carbocycles. The number of aromatic hydroxyl groups is 2. The Morgan fingerprint density at radius 2 is 1.09 bits per heavy atom. The summed E-state index contributed by atoms with van der Waals surface area (Å²) in [4.78, 5) is 51.9. The summed E-state index contributed by atoms with van der Waals surface area (Å²) >= 11 is 11.7. The lowest BCUT2D eigenvalue weighted by Crippen LogP contribution is -2.51. The summed E-state index contributed by atoms with van der Waals surface area (Å²) in [5.41, 5.74) is 9.43. The number of hydrogen-bond donors (Lipinski definition) is 4. The topological polar surface area (TPSA) is 222 Å². The number of nitrogens with one attached hydrogen (secondary N) is 1. The minimum atomic E-state index is -2.71. The highest BCUT2D eigenvalue weighted by molar-refractivity contribution is 6.78. The van der Waals surface area contributed by atoms with Crippen LogP contribution in [0.3, 0.4) is 0 Å². The second kappa shape index (κ2) is 24.4. The summed E-state index contributed by atoms with van der Waals surface area (Å²) in [6.07, 6.45) is 2.88. The van der Waals surface area contributed by atoms with Crippen molar-refractivity contribution < 1.29 is 65.5 Å². The van der Waals surface area contributed by atoms with Crippen molar-refractivity contribution in [2.75, 3.05) is 34.2 Å². The van der Waals surface area contributed by atoms with Crippen LogP contribution in [0.1, 0.15) is 123 Å². The first-order valence-electron chi connectivity index (χ1n) is 27.0. The fourth-order valence-electron chi connectivity index (χ4n) is 11.6. The number of nitrogens with two attached hydrogens (primary N) is 1. The zero-order valence-electron chi connectivity index (χ0n) is 48.4. The highest BCUT2D eigenvalue weighted by Crippen LogP contribution is 2.50. The molecular weight excluding hydrogens is 1180 g/mol. The van der Waals surface area contributed by atoms with Crippen LogP contribution in [0, 0.1) is 28.7 Å². The molecule has 3 aromatic heterocycles. The Kier molecular flexibility index (Phi) is 17.5. The van der Waals surface area contributed by atoms with Gasteiger partial charge in [0.05, 0.1) is 85.2 Å². The Morgan fingerprint density at radius 3 is 1.60 bits per heavy atom. The van der Waals surface area contributed by atoms with Gasteiger partial charge < -0.3 is 39.3 Å². The van der Waals surface area contributed by atoms with Crippen LogP contribution in [0.15, 0.2) is 85.2 Å². The Balaban J connectivity index is 0.000000211. The number of hydrogen-bond acceptors (Lipinski definition) is 14. The number of imide groups is 1. The van der Waals surface area contributed by atoms with E-state index in [0.29, 0.717) is 62.2 Å². The molecular formula is C63H60Cl2F4N6O10Si. The average Bonchev–Trinajstić information content (AvgIpc) is 1.78. The maximum absolute atomic E-state index is 14.7. The lowest BCUT2D eigenvalue weighted by molar-refractivity contribution is 0.0640. The van der Waals surface area contributed by atoms with Gasteiger partial charge >= 0.3 is 0 Å². The van der Waals surface area contributed by atoms with Crippen molar-refractivity contribution in [1.29, 1.82) is 5.41 Å². The molecule has 448 valence electrons. The number of fused-ring (bicyclic) bond motifs is 4. The van der Waals surface area contributed by atoms with E-state index in [1.165, 1.54) is 46.8 Å². The average molecular weight is 1240 g/mol. The lowest BCUT2D eigenvalue weighted by atomic mass is 9.87. The van der Waals surface area contributed by atoms with Crippen molar-refractivity contribution in [2.24, 2.45) is 0 Å². The summed E-state index contributed by atoms with van der Waals surface area (Å²) in [6, 6.07) is 17.2. The van der Waals surface area contributed by atoms with Crippen molar-refractivity contribution in [3.05, 3.63) is 185 Å². The van der Waals surface area contributed by atoms with E-state index in [4.69, 9.17) is 62.7 Å². The van der Waals surface area contributed by atoms with Gasteiger partial charge in [-0.05, 0) is 87.4 Å². The molecule has 23 heteroatoms. The monoisotopic (exact) mass is 1230 g/mol. The predicted octanol–water partition coefficient (Wildman–Crippen LogP) is 13.5. The molecule has 2 amide bonds. The van der Waals surface area contributed by atoms with Crippen LogP contribution in [-0.2, 0) is 25.9 Å². The van der Waals surface area contributed by atoms with Gasteiger partial charge in [-0.1, -0.05) is 64.7 Å². The van der Waals surface area contributed by atoms with Crippen LogP contribution in [0.4, 0.5) is 23.2 Å². The summed E-state index contributed by atoms with van der Waals surface area (Å²) in [5.74, 6) is -3.91. The van der Waals surface area contributed by atoms with Gasteiger partial charge in [0.1, 0.15) is 63.2 Å². The molecule has 0 spiro atoms. The minimum absolute atomic E-state index is 0.0282. The molecule has 1 aliphatic carbocycles. The fourth-order valence-corrected chi connectivity index (χ4v) is 17.3. The standard InChI is InChI=1S/C36H40ClF2N3O5Si.C27H20ClF2N3O5/c1-18(2)48(19(3)4,20(5)6)47-34-31-30(35(43)42(36(31)44)17-22-9-10-24(45-7)14-29(22)46-8)32(40)25-12-21(16-41-33(25)34)11-23-13-26(37)28(39)15-27(23)38;1-37-15-4-3-13(20(8-15)38-2)11-33-26(35)21-22(27(33)36)25(34)24-16(23(21)31)6-12(10-32-24)5-14-7-17(28)19(30)9-18(14)29/h9-10,12-16,18-20H,11,17,40H2,1-8H3;3-4,6-10,31,35-36H,5,11H2,1-2H3. The van der Waals surface area contributed by atoms with E-state index < -0.39 is 60.9 Å². The summed E-state index contributed by atoms with van der Waals surface area (Å²) < 4.78 is 86.1. The van der Waals surface area contributed by atoms with Gasteiger partial charge in [-0.25, -0.2) is 17.6 Å². The van der Waals surface area contributed by atoms with E-state index in [0.717, 1.165) is 21.6 Å². The SMILES string of the molecule is COc1ccc(CN2C(=O)c3c(c(O[Si](C(C)C)(C(C)C)C(C)C)c4ncc(Cc5cc(Cl)c(F)cc5F)cc4c3N)C2=O)c(OC)c1.COc1ccc(Cn2c(O)c3c(c2O)C(=O)c2ncc(Cc4cc(Cl)c(F)cc4F)cc2C3=N)c(OC)c1. The van der Waals surface area contributed by atoms with E-state index in [1.807, 2.05) is 0 Å². The normalized spacial score (nSPS) is 12.9. The van der Waals surface area contributed by atoms with Crippen LogP contribution in [0.5, 0.6) is 40.5 Å². The van der Waals surface area contributed by atoms with Crippen LogP contribution in [-0.4, -0.2) is 89.7 Å². The molecule has 0 radical (unpaired) electrons. The molecule has 5 aromatic carbocycles. The van der Waals surface area contributed by atoms with Gasteiger partial charge in [-0.2, -0.15) is 0 Å². The number of anilines is 1. The van der Waals surface area contributed by atoms with Gasteiger partial charge in [0.25, 0.3) is 20.1 Å². The van der Waals surface area contributed by atoms with E-state index in [9.17, 15) is 42.2 Å².